The molecule has 5 heteroatoms. The summed E-state index contributed by atoms with van der Waals surface area (Å²) in [5.41, 5.74) is -0.412. The van der Waals surface area contributed by atoms with Crippen molar-refractivity contribution in [1.82, 2.24) is 15.1 Å². The lowest BCUT2D eigenvalue weighted by molar-refractivity contribution is 0.0146. The molecule has 0 bridgehead atoms. The van der Waals surface area contributed by atoms with Crippen molar-refractivity contribution in [3.63, 3.8) is 0 Å². The number of nitrogens with one attached hydrogen (secondary N) is 1. The summed E-state index contributed by atoms with van der Waals surface area (Å²) in [6, 6.07) is 0.549. The third-order valence-electron chi connectivity index (χ3n) is 3.92. The Kier molecular flexibility index (Phi) is 6.94. The zero-order valence-corrected chi connectivity index (χ0v) is 14.6. The molecule has 0 saturated carbocycles. The van der Waals surface area contributed by atoms with E-state index in [9.17, 15) is 4.79 Å². The highest BCUT2D eigenvalue weighted by Gasteiger charge is 2.25. The van der Waals surface area contributed by atoms with Gasteiger partial charge in [0.2, 0.25) is 0 Å². The smallest absolute Gasteiger partial charge is 0.410 e. The number of carbonyl (C=O) groups is 1. The van der Waals surface area contributed by atoms with Crippen LogP contribution in [0.15, 0.2) is 0 Å². The average molecular weight is 299 g/mol. The van der Waals surface area contributed by atoms with Gasteiger partial charge in [0, 0.05) is 45.3 Å². The van der Waals surface area contributed by atoms with Gasteiger partial charge in [-0.3, -0.25) is 4.90 Å². The van der Waals surface area contributed by atoms with E-state index in [1.807, 2.05) is 25.7 Å². The van der Waals surface area contributed by atoms with E-state index in [2.05, 4.69) is 31.0 Å². The maximum absolute atomic E-state index is 12.0. The van der Waals surface area contributed by atoms with Crippen LogP contribution in [0.5, 0.6) is 0 Å². The topological polar surface area (TPSA) is 44.8 Å². The lowest BCUT2D eigenvalue weighted by Gasteiger charge is -2.35. The number of nitrogens with zero attached hydrogens (tertiary/aromatic N) is 2. The van der Waals surface area contributed by atoms with Crippen molar-refractivity contribution in [3.05, 3.63) is 0 Å². The minimum absolute atomic E-state index is 0.186. The number of carbonyl (C=O) groups excluding carboxylic acids is 1. The van der Waals surface area contributed by atoms with Crippen LogP contribution in [0, 0.1) is 5.92 Å². The summed E-state index contributed by atoms with van der Waals surface area (Å²) in [7, 11) is 0. The van der Waals surface area contributed by atoms with E-state index in [-0.39, 0.29) is 6.09 Å². The SMILES string of the molecule is CC(C)C(C)NCCN1CCN(C(=O)OC(C)(C)C)CC1. The highest BCUT2D eigenvalue weighted by molar-refractivity contribution is 5.68. The Hall–Kier alpha value is -0.810. The molecule has 1 amide bonds. The third-order valence-corrected chi connectivity index (χ3v) is 3.92. The summed E-state index contributed by atoms with van der Waals surface area (Å²) in [6.45, 7) is 17.8. The zero-order chi connectivity index (χ0) is 16.0. The first-order chi connectivity index (χ1) is 9.69. The molecule has 1 N–H and O–H groups in total. The molecule has 1 fully saturated rings. The quantitative estimate of drug-likeness (QED) is 0.845. The van der Waals surface area contributed by atoms with Crippen molar-refractivity contribution in [2.75, 3.05) is 39.3 Å². The van der Waals surface area contributed by atoms with Crippen molar-refractivity contribution in [2.24, 2.45) is 5.92 Å². The van der Waals surface area contributed by atoms with Crippen LogP contribution in [0.3, 0.4) is 0 Å². The summed E-state index contributed by atoms with van der Waals surface area (Å²) in [6.07, 6.45) is -0.186. The second-order valence-electron chi connectivity index (χ2n) is 7.30. The van der Waals surface area contributed by atoms with E-state index < -0.39 is 5.60 Å². The van der Waals surface area contributed by atoms with Gasteiger partial charge in [0.1, 0.15) is 5.60 Å². The molecule has 21 heavy (non-hydrogen) atoms. The van der Waals surface area contributed by atoms with E-state index in [0.29, 0.717) is 12.0 Å². The Morgan fingerprint density at radius 2 is 1.71 bits per heavy atom. The summed E-state index contributed by atoms with van der Waals surface area (Å²) in [5, 5.41) is 3.55. The number of rotatable bonds is 5. The molecule has 1 atom stereocenters. The van der Waals surface area contributed by atoms with E-state index in [4.69, 9.17) is 4.74 Å². The van der Waals surface area contributed by atoms with Crippen LogP contribution in [0.2, 0.25) is 0 Å². The van der Waals surface area contributed by atoms with E-state index >= 15 is 0 Å². The average Bonchev–Trinajstić information content (AvgIpc) is 2.37. The summed E-state index contributed by atoms with van der Waals surface area (Å²) >= 11 is 0. The second kappa shape index (κ2) is 7.99. The van der Waals surface area contributed by atoms with Crippen LogP contribution < -0.4 is 5.32 Å². The number of hydrogen-bond acceptors (Lipinski definition) is 4. The van der Waals surface area contributed by atoms with Crippen molar-refractivity contribution >= 4 is 6.09 Å². The minimum atomic E-state index is -0.412. The van der Waals surface area contributed by atoms with Crippen LogP contribution >= 0.6 is 0 Å². The lowest BCUT2D eigenvalue weighted by atomic mass is 10.1. The molecule has 0 aromatic heterocycles. The van der Waals surface area contributed by atoms with Gasteiger partial charge in [0.25, 0.3) is 0 Å². The number of hydrogen-bond donors (Lipinski definition) is 1. The van der Waals surface area contributed by atoms with E-state index in [0.717, 1.165) is 39.3 Å². The van der Waals surface area contributed by atoms with Gasteiger partial charge in [-0.25, -0.2) is 4.79 Å². The fourth-order valence-electron chi connectivity index (χ4n) is 2.17. The van der Waals surface area contributed by atoms with Gasteiger partial charge in [0.05, 0.1) is 0 Å². The van der Waals surface area contributed by atoms with E-state index in [1.54, 1.807) is 0 Å². The van der Waals surface area contributed by atoms with Crippen molar-refractivity contribution in [1.29, 1.82) is 0 Å². The molecule has 1 unspecified atom stereocenters. The first kappa shape index (κ1) is 18.2. The zero-order valence-electron chi connectivity index (χ0n) is 14.6. The minimum Gasteiger partial charge on any atom is -0.444 e. The van der Waals surface area contributed by atoms with E-state index in [1.165, 1.54) is 0 Å². The second-order valence-corrected chi connectivity index (χ2v) is 7.30. The third kappa shape index (κ3) is 7.14. The molecule has 1 aliphatic rings. The summed E-state index contributed by atoms with van der Waals surface area (Å²) in [4.78, 5) is 16.2. The summed E-state index contributed by atoms with van der Waals surface area (Å²) < 4.78 is 5.41. The van der Waals surface area contributed by atoms with Gasteiger partial charge < -0.3 is 15.0 Å². The molecule has 0 aliphatic carbocycles. The van der Waals surface area contributed by atoms with Gasteiger partial charge in [0.15, 0.2) is 0 Å². The molecular formula is C16H33N3O2. The molecule has 0 radical (unpaired) electrons. The van der Waals surface area contributed by atoms with Gasteiger partial charge in [-0.2, -0.15) is 0 Å². The number of amides is 1. The Morgan fingerprint density at radius 1 is 1.14 bits per heavy atom. The maximum Gasteiger partial charge on any atom is 0.410 e. The van der Waals surface area contributed by atoms with Gasteiger partial charge in [-0.05, 0) is 33.6 Å². The van der Waals surface area contributed by atoms with Crippen molar-refractivity contribution < 1.29 is 9.53 Å². The number of piperazine rings is 1. The van der Waals surface area contributed by atoms with Crippen molar-refractivity contribution in [3.8, 4) is 0 Å². The first-order valence-electron chi connectivity index (χ1n) is 8.12. The molecule has 5 nitrogen and oxygen atoms in total. The largest absolute Gasteiger partial charge is 0.444 e. The monoisotopic (exact) mass is 299 g/mol. The molecule has 124 valence electrons. The Morgan fingerprint density at radius 3 is 2.19 bits per heavy atom. The van der Waals surface area contributed by atoms with Gasteiger partial charge in [-0.15, -0.1) is 0 Å². The first-order valence-corrected chi connectivity index (χ1v) is 8.12. The Balaban J connectivity index is 2.22. The van der Waals surface area contributed by atoms with Crippen molar-refractivity contribution in [2.45, 2.75) is 53.2 Å². The standard InChI is InChI=1S/C16H33N3O2/c1-13(2)14(3)17-7-8-18-9-11-19(12-10-18)15(20)21-16(4,5)6/h13-14,17H,7-12H2,1-6H3. The molecule has 1 rings (SSSR count). The predicted octanol–water partition coefficient (Wildman–Crippen LogP) is 2.17. The Labute approximate surface area is 130 Å². The van der Waals surface area contributed by atoms with Gasteiger partial charge in [-0.1, -0.05) is 13.8 Å². The van der Waals surface area contributed by atoms with Gasteiger partial charge >= 0.3 is 6.09 Å². The summed E-state index contributed by atoms with van der Waals surface area (Å²) in [5.74, 6) is 0.661. The van der Waals surface area contributed by atoms with Crippen LogP contribution in [0.1, 0.15) is 41.5 Å². The maximum atomic E-state index is 12.0. The van der Waals surface area contributed by atoms with Crippen LogP contribution in [0.25, 0.3) is 0 Å². The molecule has 1 aliphatic heterocycles. The highest BCUT2D eigenvalue weighted by atomic mass is 16.6. The molecular weight excluding hydrogens is 266 g/mol. The molecule has 0 spiro atoms. The van der Waals surface area contributed by atoms with Crippen LogP contribution in [0.4, 0.5) is 4.79 Å². The fourth-order valence-corrected chi connectivity index (χ4v) is 2.17. The lowest BCUT2D eigenvalue weighted by Crippen LogP contribution is -2.51. The number of ether oxygens (including phenoxy) is 1. The molecule has 0 aromatic rings. The predicted molar refractivity (Wildman–Crippen MR) is 86.5 cm³/mol. The fraction of sp³-hybridized carbons (Fsp3) is 0.938. The highest BCUT2D eigenvalue weighted by Crippen LogP contribution is 2.11. The normalized spacial score (nSPS) is 18.9. The molecule has 1 heterocycles. The molecule has 1 saturated heterocycles. The van der Waals surface area contributed by atoms with Crippen LogP contribution in [-0.4, -0.2) is 66.8 Å². The Bertz CT molecular complexity index is 318. The van der Waals surface area contributed by atoms with Crippen LogP contribution in [-0.2, 0) is 4.74 Å². The molecule has 0 aromatic carbocycles.